The molecule has 0 saturated carbocycles. The fourth-order valence-electron chi connectivity index (χ4n) is 3.94. The largest absolute Gasteiger partial charge is 0.503 e. The summed E-state index contributed by atoms with van der Waals surface area (Å²) in [5, 5.41) is 21.7. The molecule has 0 spiro atoms. The summed E-state index contributed by atoms with van der Waals surface area (Å²) in [6, 6.07) is 8.78. The Morgan fingerprint density at radius 1 is 1.15 bits per heavy atom. The highest BCUT2D eigenvalue weighted by molar-refractivity contribution is 7.98. The topological polar surface area (TPSA) is 116 Å². The molecule has 0 unspecified atom stereocenters. The van der Waals surface area contributed by atoms with Crippen LogP contribution in [0.4, 0.5) is 5.69 Å². The first-order valence-electron chi connectivity index (χ1n) is 11.1. The van der Waals surface area contributed by atoms with E-state index in [1.54, 1.807) is 6.26 Å². The van der Waals surface area contributed by atoms with Gasteiger partial charge in [0, 0.05) is 25.2 Å². The van der Waals surface area contributed by atoms with E-state index < -0.39 is 18.4 Å². The van der Waals surface area contributed by atoms with Gasteiger partial charge >= 0.3 is 5.97 Å². The van der Waals surface area contributed by atoms with Gasteiger partial charge in [-0.05, 0) is 48.1 Å². The zero-order chi connectivity index (χ0) is 24.2. The number of rotatable bonds is 7. The van der Waals surface area contributed by atoms with Crippen LogP contribution in [0.2, 0.25) is 0 Å². The molecule has 3 N–H and O–H groups in total. The molecule has 0 aliphatic carbocycles. The van der Waals surface area contributed by atoms with Crippen molar-refractivity contribution in [3.63, 3.8) is 0 Å². The fourth-order valence-corrected chi connectivity index (χ4v) is 4.42. The summed E-state index contributed by atoms with van der Waals surface area (Å²) < 4.78 is 0. The maximum atomic E-state index is 12.3. The van der Waals surface area contributed by atoms with Crippen LogP contribution in [-0.4, -0.2) is 57.9 Å². The van der Waals surface area contributed by atoms with E-state index in [0.29, 0.717) is 23.2 Å². The second-order valence-electron chi connectivity index (χ2n) is 9.35. The molecule has 1 aromatic heterocycles. The molecule has 0 atom stereocenters. The van der Waals surface area contributed by atoms with Gasteiger partial charge in [-0.15, -0.1) is 11.8 Å². The molecule has 0 bridgehead atoms. The summed E-state index contributed by atoms with van der Waals surface area (Å²) in [6.07, 6.45) is 4.30. The number of carboxylic acid groups (broad SMARTS) is 1. The molecular weight excluding hydrogens is 440 g/mol. The molecule has 2 heterocycles. The molecule has 8 nitrogen and oxygen atoms in total. The zero-order valence-corrected chi connectivity index (χ0v) is 20.4. The van der Waals surface area contributed by atoms with Crippen LogP contribution in [0.3, 0.4) is 0 Å². The van der Waals surface area contributed by atoms with Crippen LogP contribution in [0.25, 0.3) is 0 Å². The minimum atomic E-state index is -1.16. The molecule has 0 radical (unpaired) electrons. The number of amides is 1. The number of nitrogens with one attached hydrogen (secondary N) is 1. The number of hydrogen-bond donors (Lipinski definition) is 3. The molecule has 9 heteroatoms. The van der Waals surface area contributed by atoms with Crippen molar-refractivity contribution >= 4 is 29.3 Å². The quantitative estimate of drug-likeness (QED) is 0.414. The summed E-state index contributed by atoms with van der Waals surface area (Å²) in [4.78, 5) is 34.2. The third-order valence-corrected chi connectivity index (χ3v) is 6.56. The Balaban J connectivity index is 1.65. The maximum absolute atomic E-state index is 12.3. The number of aliphatic carboxylic acids is 1. The Labute approximate surface area is 198 Å². The van der Waals surface area contributed by atoms with Crippen molar-refractivity contribution in [3.05, 3.63) is 41.3 Å². The number of carbonyl (C=O) groups is 2. The lowest BCUT2D eigenvalue weighted by Crippen LogP contribution is -2.34. The first-order chi connectivity index (χ1) is 15.6. The number of thioether (sulfide) groups is 1. The average Bonchev–Trinajstić information content (AvgIpc) is 2.78. The first-order valence-corrected chi connectivity index (χ1v) is 12.3. The second-order valence-corrected chi connectivity index (χ2v) is 10.1. The van der Waals surface area contributed by atoms with E-state index in [2.05, 4.69) is 65.2 Å². The monoisotopic (exact) mass is 472 g/mol. The second kappa shape index (κ2) is 10.4. The minimum Gasteiger partial charge on any atom is -0.503 e. The Bertz CT molecular complexity index is 997. The van der Waals surface area contributed by atoms with E-state index in [-0.39, 0.29) is 16.9 Å². The normalized spacial score (nSPS) is 14.8. The standard InChI is InChI=1S/C24H32N4O4S/c1-24(2,3)16-5-7-17(8-6-16)28-11-9-15(10-12-28)13-18-26-20(21(31)23(27-18)33-4)22(32)25-14-19(29)30/h5-8,15,31H,9-14H2,1-4H3,(H,25,32)(H,29,30). The van der Waals surface area contributed by atoms with Gasteiger partial charge in [0.05, 0.1) is 0 Å². The molecule has 2 aromatic rings. The van der Waals surface area contributed by atoms with E-state index in [1.165, 1.54) is 23.0 Å². The SMILES string of the molecule is CSc1nc(CC2CCN(c3ccc(C(C)(C)C)cc3)CC2)nc(C(=O)NCC(=O)O)c1O. The Kier molecular flexibility index (Phi) is 7.84. The van der Waals surface area contributed by atoms with Crippen molar-refractivity contribution in [2.45, 2.75) is 50.5 Å². The lowest BCUT2D eigenvalue weighted by Gasteiger charge is -2.34. The molecule has 1 aliphatic rings. The number of aromatic nitrogens is 2. The number of carboxylic acids is 1. The van der Waals surface area contributed by atoms with Crippen molar-refractivity contribution in [2.75, 3.05) is 30.8 Å². The summed E-state index contributed by atoms with van der Waals surface area (Å²) in [5.74, 6) is -1.35. The zero-order valence-electron chi connectivity index (χ0n) is 19.6. The summed E-state index contributed by atoms with van der Waals surface area (Å²) in [5.41, 5.74) is 2.50. The minimum absolute atomic E-state index is 0.134. The van der Waals surface area contributed by atoms with Gasteiger partial charge < -0.3 is 20.4 Å². The molecular formula is C24H32N4O4S. The van der Waals surface area contributed by atoms with E-state index in [1.807, 2.05) is 0 Å². The number of benzene rings is 1. The lowest BCUT2D eigenvalue weighted by atomic mass is 9.87. The smallest absolute Gasteiger partial charge is 0.322 e. The molecule has 3 rings (SSSR count). The van der Waals surface area contributed by atoms with Gasteiger partial charge in [-0.25, -0.2) is 9.97 Å². The molecule has 33 heavy (non-hydrogen) atoms. The number of piperidine rings is 1. The Hall–Kier alpha value is -2.81. The molecule has 1 fully saturated rings. The van der Waals surface area contributed by atoms with Crippen LogP contribution in [0.5, 0.6) is 5.75 Å². The van der Waals surface area contributed by atoms with Crippen LogP contribution in [0.1, 0.15) is 55.5 Å². The van der Waals surface area contributed by atoms with E-state index >= 15 is 0 Å². The van der Waals surface area contributed by atoms with Gasteiger partial charge in [-0.2, -0.15) is 0 Å². The number of carbonyl (C=O) groups excluding carboxylic acids is 1. The number of anilines is 1. The van der Waals surface area contributed by atoms with Gasteiger partial charge in [0.1, 0.15) is 17.4 Å². The van der Waals surface area contributed by atoms with Crippen LogP contribution in [0, 0.1) is 5.92 Å². The van der Waals surface area contributed by atoms with Crippen molar-refractivity contribution in [1.29, 1.82) is 0 Å². The molecule has 1 aliphatic heterocycles. The molecule has 1 aromatic carbocycles. The van der Waals surface area contributed by atoms with Gasteiger partial charge in [0.25, 0.3) is 5.91 Å². The summed E-state index contributed by atoms with van der Waals surface area (Å²) in [6.45, 7) is 7.95. The van der Waals surface area contributed by atoms with Crippen LogP contribution >= 0.6 is 11.8 Å². The highest BCUT2D eigenvalue weighted by atomic mass is 32.2. The van der Waals surface area contributed by atoms with Gasteiger partial charge in [0.2, 0.25) is 0 Å². The first kappa shape index (κ1) is 24.8. The van der Waals surface area contributed by atoms with Gasteiger partial charge in [0.15, 0.2) is 11.4 Å². The van der Waals surface area contributed by atoms with Crippen molar-refractivity contribution in [1.82, 2.24) is 15.3 Å². The Morgan fingerprint density at radius 2 is 1.79 bits per heavy atom. The predicted molar refractivity (Wildman–Crippen MR) is 129 cm³/mol. The van der Waals surface area contributed by atoms with Crippen LogP contribution in [0.15, 0.2) is 29.3 Å². The highest BCUT2D eigenvalue weighted by Gasteiger charge is 2.24. The predicted octanol–water partition coefficient (Wildman–Crippen LogP) is 3.48. The van der Waals surface area contributed by atoms with Crippen LogP contribution in [-0.2, 0) is 16.6 Å². The summed E-state index contributed by atoms with van der Waals surface area (Å²) in [7, 11) is 0. The highest BCUT2D eigenvalue weighted by Crippen LogP contribution is 2.31. The molecule has 178 valence electrons. The molecule has 1 saturated heterocycles. The lowest BCUT2D eigenvalue weighted by molar-refractivity contribution is -0.135. The number of nitrogens with zero attached hydrogens (tertiary/aromatic N) is 3. The average molecular weight is 473 g/mol. The number of aromatic hydroxyl groups is 1. The fraction of sp³-hybridized carbons (Fsp3) is 0.500. The van der Waals surface area contributed by atoms with Crippen molar-refractivity contribution < 1.29 is 19.8 Å². The summed E-state index contributed by atoms with van der Waals surface area (Å²) >= 11 is 1.22. The third kappa shape index (κ3) is 6.37. The van der Waals surface area contributed by atoms with Gasteiger partial charge in [-0.1, -0.05) is 32.9 Å². The van der Waals surface area contributed by atoms with E-state index in [4.69, 9.17) is 5.11 Å². The Morgan fingerprint density at radius 3 is 2.33 bits per heavy atom. The molecule has 1 amide bonds. The third-order valence-electron chi connectivity index (χ3n) is 5.89. The van der Waals surface area contributed by atoms with Gasteiger partial charge in [-0.3, -0.25) is 9.59 Å². The number of hydrogen-bond acceptors (Lipinski definition) is 7. The van der Waals surface area contributed by atoms with Crippen molar-refractivity contribution in [3.8, 4) is 5.75 Å². The maximum Gasteiger partial charge on any atom is 0.322 e. The van der Waals surface area contributed by atoms with Crippen molar-refractivity contribution in [2.24, 2.45) is 5.92 Å². The van der Waals surface area contributed by atoms with E-state index in [9.17, 15) is 14.7 Å². The van der Waals surface area contributed by atoms with E-state index in [0.717, 1.165) is 25.9 Å². The van der Waals surface area contributed by atoms with Crippen LogP contribution < -0.4 is 10.2 Å².